The van der Waals surface area contributed by atoms with Gasteiger partial charge in [0.15, 0.2) is 0 Å². The predicted octanol–water partition coefficient (Wildman–Crippen LogP) is 1.89. The number of sulfonamides is 1. The van der Waals surface area contributed by atoms with E-state index in [4.69, 9.17) is 0 Å². The Labute approximate surface area is 135 Å². The lowest BCUT2D eigenvalue weighted by atomic mass is 9.88. The zero-order valence-corrected chi connectivity index (χ0v) is 13.7. The summed E-state index contributed by atoms with van der Waals surface area (Å²) in [6.45, 7) is 1.14. The Kier molecular flexibility index (Phi) is 4.14. The summed E-state index contributed by atoms with van der Waals surface area (Å²) >= 11 is 0. The maximum absolute atomic E-state index is 12.3. The molecule has 6 nitrogen and oxygen atoms in total. The molecule has 1 aromatic rings. The number of hydrogen-bond donors (Lipinski definition) is 2. The van der Waals surface area contributed by atoms with Gasteiger partial charge in [-0.25, -0.2) is 13.1 Å². The summed E-state index contributed by atoms with van der Waals surface area (Å²) in [4.78, 5) is 23.2. The topological polar surface area (TPSA) is 92.3 Å². The third kappa shape index (κ3) is 3.39. The standard InChI is InChI=1S/C16H20N2O4S/c1-10(19)18-23(21,22)14-6-4-13(5-7-14)17-16(20)15-9-11-2-3-12(15)8-11/h4-7,11-12,15H,2-3,8-9H2,1H3,(H,17,20)(H,18,19)/t11-,12-,15-/m1/s1. The van der Waals surface area contributed by atoms with E-state index in [2.05, 4.69) is 5.32 Å². The van der Waals surface area contributed by atoms with Gasteiger partial charge >= 0.3 is 0 Å². The van der Waals surface area contributed by atoms with Crippen LogP contribution in [0.3, 0.4) is 0 Å². The largest absolute Gasteiger partial charge is 0.326 e. The summed E-state index contributed by atoms with van der Waals surface area (Å²) in [5.74, 6) is 0.658. The Balaban J connectivity index is 1.66. The van der Waals surface area contributed by atoms with Crippen LogP contribution in [0.5, 0.6) is 0 Å². The summed E-state index contributed by atoms with van der Waals surface area (Å²) in [5, 5.41) is 2.87. The summed E-state index contributed by atoms with van der Waals surface area (Å²) < 4.78 is 25.6. The number of fused-ring (bicyclic) bond motifs is 2. The van der Waals surface area contributed by atoms with Crippen LogP contribution in [-0.2, 0) is 19.6 Å². The average molecular weight is 336 g/mol. The lowest BCUT2D eigenvalue weighted by Gasteiger charge is -2.20. The molecule has 0 heterocycles. The molecule has 3 rings (SSSR count). The third-order valence-corrected chi connectivity index (χ3v) is 6.23. The summed E-state index contributed by atoms with van der Waals surface area (Å²) in [6, 6.07) is 5.84. The second-order valence-electron chi connectivity index (χ2n) is 6.46. The van der Waals surface area contributed by atoms with Crippen molar-refractivity contribution in [2.45, 2.75) is 37.5 Å². The SMILES string of the molecule is CC(=O)NS(=O)(=O)c1ccc(NC(=O)[C@@H]2C[C@@H]3CC[C@@H]2C3)cc1. The summed E-state index contributed by atoms with van der Waals surface area (Å²) in [6.07, 6.45) is 4.50. The van der Waals surface area contributed by atoms with Crippen molar-refractivity contribution in [2.24, 2.45) is 17.8 Å². The highest BCUT2D eigenvalue weighted by Crippen LogP contribution is 2.48. The molecule has 0 spiro atoms. The van der Waals surface area contributed by atoms with E-state index in [0.717, 1.165) is 26.2 Å². The van der Waals surface area contributed by atoms with Crippen LogP contribution in [0, 0.1) is 17.8 Å². The van der Waals surface area contributed by atoms with Gasteiger partial charge in [-0.15, -0.1) is 0 Å². The highest BCUT2D eigenvalue weighted by molar-refractivity contribution is 7.90. The van der Waals surface area contributed by atoms with Gasteiger partial charge in [-0.05, 0) is 55.4 Å². The minimum Gasteiger partial charge on any atom is -0.326 e. The van der Waals surface area contributed by atoms with Crippen molar-refractivity contribution >= 4 is 27.5 Å². The number of hydrogen-bond acceptors (Lipinski definition) is 4. The maximum atomic E-state index is 12.3. The molecule has 23 heavy (non-hydrogen) atoms. The molecule has 0 unspecified atom stereocenters. The Morgan fingerprint density at radius 3 is 2.30 bits per heavy atom. The first kappa shape index (κ1) is 16.0. The first-order valence-electron chi connectivity index (χ1n) is 7.79. The molecule has 2 aliphatic rings. The van der Waals surface area contributed by atoms with Gasteiger partial charge in [0, 0.05) is 18.5 Å². The Hall–Kier alpha value is -1.89. The molecule has 0 aliphatic heterocycles. The van der Waals surface area contributed by atoms with Crippen molar-refractivity contribution in [3.63, 3.8) is 0 Å². The average Bonchev–Trinajstić information content (AvgIpc) is 3.09. The number of carbonyl (C=O) groups excluding carboxylic acids is 2. The Morgan fingerprint density at radius 2 is 1.78 bits per heavy atom. The highest BCUT2D eigenvalue weighted by Gasteiger charge is 2.42. The number of anilines is 1. The van der Waals surface area contributed by atoms with Crippen LogP contribution < -0.4 is 10.0 Å². The van der Waals surface area contributed by atoms with E-state index in [0.29, 0.717) is 17.5 Å². The molecular weight excluding hydrogens is 316 g/mol. The van der Waals surface area contributed by atoms with Crippen LogP contribution in [0.2, 0.25) is 0 Å². The molecule has 0 radical (unpaired) electrons. The molecule has 124 valence electrons. The number of rotatable bonds is 4. The number of carbonyl (C=O) groups is 2. The molecule has 2 aliphatic carbocycles. The molecule has 2 N–H and O–H groups in total. The molecular formula is C16H20N2O4S. The van der Waals surface area contributed by atoms with E-state index in [1.54, 1.807) is 12.1 Å². The fourth-order valence-electron chi connectivity index (χ4n) is 3.77. The van der Waals surface area contributed by atoms with Crippen molar-refractivity contribution in [2.75, 3.05) is 5.32 Å². The van der Waals surface area contributed by atoms with Crippen LogP contribution in [-0.4, -0.2) is 20.2 Å². The van der Waals surface area contributed by atoms with E-state index in [1.807, 2.05) is 4.72 Å². The number of benzene rings is 1. The quantitative estimate of drug-likeness (QED) is 0.878. The number of amides is 2. The first-order chi connectivity index (χ1) is 10.8. The summed E-state index contributed by atoms with van der Waals surface area (Å²) in [5.41, 5.74) is 0.569. The molecule has 0 aromatic heterocycles. The molecule has 0 saturated heterocycles. The molecule has 2 saturated carbocycles. The van der Waals surface area contributed by atoms with Gasteiger partial charge < -0.3 is 5.32 Å². The van der Waals surface area contributed by atoms with E-state index < -0.39 is 15.9 Å². The lowest BCUT2D eigenvalue weighted by Crippen LogP contribution is -2.28. The van der Waals surface area contributed by atoms with Crippen LogP contribution in [0.25, 0.3) is 0 Å². The normalized spacial score (nSPS) is 26.0. The van der Waals surface area contributed by atoms with Crippen LogP contribution >= 0.6 is 0 Å². The van der Waals surface area contributed by atoms with Gasteiger partial charge in [0.2, 0.25) is 11.8 Å². The zero-order chi connectivity index (χ0) is 16.6. The molecule has 7 heteroatoms. The lowest BCUT2D eigenvalue weighted by molar-refractivity contribution is -0.121. The van der Waals surface area contributed by atoms with Crippen molar-refractivity contribution in [3.05, 3.63) is 24.3 Å². The molecule has 2 fully saturated rings. The van der Waals surface area contributed by atoms with Gasteiger partial charge in [0.25, 0.3) is 10.0 Å². The van der Waals surface area contributed by atoms with Gasteiger partial charge in [0.1, 0.15) is 0 Å². The molecule has 1 aromatic carbocycles. The van der Waals surface area contributed by atoms with Crippen LogP contribution in [0.1, 0.15) is 32.6 Å². The molecule has 3 atom stereocenters. The van der Waals surface area contributed by atoms with Gasteiger partial charge in [-0.3, -0.25) is 9.59 Å². The van der Waals surface area contributed by atoms with Crippen LogP contribution in [0.4, 0.5) is 5.69 Å². The van der Waals surface area contributed by atoms with Crippen LogP contribution in [0.15, 0.2) is 29.2 Å². The summed E-state index contributed by atoms with van der Waals surface area (Å²) in [7, 11) is -3.84. The fraction of sp³-hybridized carbons (Fsp3) is 0.500. The number of nitrogens with one attached hydrogen (secondary N) is 2. The van der Waals surface area contributed by atoms with Crippen molar-refractivity contribution < 1.29 is 18.0 Å². The smallest absolute Gasteiger partial charge is 0.264 e. The van der Waals surface area contributed by atoms with Crippen molar-refractivity contribution in [1.29, 1.82) is 0 Å². The maximum Gasteiger partial charge on any atom is 0.264 e. The minimum atomic E-state index is -3.84. The first-order valence-corrected chi connectivity index (χ1v) is 9.28. The van der Waals surface area contributed by atoms with E-state index >= 15 is 0 Å². The van der Waals surface area contributed by atoms with E-state index in [-0.39, 0.29) is 16.7 Å². The fourth-order valence-corrected chi connectivity index (χ4v) is 4.76. The van der Waals surface area contributed by atoms with Gasteiger partial charge in [0.05, 0.1) is 4.90 Å². The van der Waals surface area contributed by atoms with Crippen molar-refractivity contribution in [3.8, 4) is 0 Å². The molecule has 2 amide bonds. The van der Waals surface area contributed by atoms with E-state index in [1.165, 1.54) is 18.6 Å². The zero-order valence-electron chi connectivity index (χ0n) is 12.9. The highest BCUT2D eigenvalue weighted by atomic mass is 32.2. The molecule has 2 bridgehead atoms. The predicted molar refractivity (Wildman–Crippen MR) is 85.0 cm³/mol. The second kappa shape index (κ2) is 5.96. The van der Waals surface area contributed by atoms with Crippen molar-refractivity contribution in [1.82, 2.24) is 4.72 Å². The van der Waals surface area contributed by atoms with E-state index in [9.17, 15) is 18.0 Å². The second-order valence-corrected chi connectivity index (χ2v) is 8.14. The monoisotopic (exact) mass is 336 g/mol. The Morgan fingerprint density at radius 1 is 1.09 bits per heavy atom. The minimum absolute atomic E-state index is 0.00868. The van der Waals surface area contributed by atoms with Gasteiger partial charge in [-0.2, -0.15) is 0 Å². The van der Waals surface area contributed by atoms with Gasteiger partial charge in [-0.1, -0.05) is 6.42 Å². The Bertz CT molecular complexity index is 727. The third-order valence-electron chi connectivity index (χ3n) is 4.79.